The predicted octanol–water partition coefficient (Wildman–Crippen LogP) is 4.64. The Kier molecular flexibility index (Phi) is 6.34. The van der Waals surface area contributed by atoms with Gasteiger partial charge < -0.3 is 5.32 Å². The molecule has 1 aliphatic carbocycles. The topological polar surface area (TPSA) is 68.9 Å². The standard InChI is InChI=1S/C23H22ClF3N4O2/c1-14(16-3-2-4-17(11-16)23(25,26)27)12-28-20(32)13-30-22(33)31(19-9-10-19)21(29-30)15-5-7-18(24)8-6-15/h2-8,11,14,19H,9-10,12-13H2,1H3,(H,28,32). The van der Waals surface area contributed by atoms with Gasteiger partial charge in [0.15, 0.2) is 5.82 Å². The highest BCUT2D eigenvalue weighted by Gasteiger charge is 2.31. The molecule has 1 amide bonds. The molecule has 33 heavy (non-hydrogen) atoms. The van der Waals surface area contributed by atoms with Crippen LogP contribution in [0.25, 0.3) is 11.4 Å². The van der Waals surface area contributed by atoms with Crippen molar-refractivity contribution < 1.29 is 18.0 Å². The van der Waals surface area contributed by atoms with Crippen LogP contribution >= 0.6 is 11.6 Å². The molecule has 4 rings (SSSR count). The highest BCUT2D eigenvalue weighted by molar-refractivity contribution is 6.30. The van der Waals surface area contributed by atoms with E-state index >= 15 is 0 Å². The fourth-order valence-corrected chi connectivity index (χ4v) is 3.71. The number of rotatable bonds is 7. The van der Waals surface area contributed by atoms with Crippen LogP contribution in [-0.2, 0) is 17.5 Å². The molecule has 0 spiro atoms. The Morgan fingerprint density at radius 1 is 1.21 bits per heavy atom. The van der Waals surface area contributed by atoms with Crippen molar-refractivity contribution >= 4 is 17.5 Å². The number of carbonyl (C=O) groups excluding carboxylic acids is 1. The Morgan fingerprint density at radius 3 is 2.55 bits per heavy atom. The number of nitrogens with zero attached hydrogens (tertiary/aromatic N) is 3. The molecule has 1 saturated carbocycles. The van der Waals surface area contributed by atoms with Crippen molar-refractivity contribution in [3.05, 3.63) is 75.2 Å². The Balaban J connectivity index is 1.45. The molecule has 0 bridgehead atoms. The molecule has 1 fully saturated rings. The SMILES string of the molecule is CC(CNC(=O)Cn1nc(-c2ccc(Cl)cc2)n(C2CC2)c1=O)c1cccc(C(F)(F)F)c1. The number of amides is 1. The number of benzene rings is 2. The quantitative estimate of drug-likeness (QED) is 0.538. The minimum Gasteiger partial charge on any atom is -0.354 e. The average Bonchev–Trinajstić information content (AvgIpc) is 3.56. The highest BCUT2D eigenvalue weighted by Crippen LogP contribution is 2.36. The van der Waals surface area contributed by atoms with E-state index in [1.54, 1.807) is 41.8 Å². The van der Waals surface area contributed by atoms with E-state index in [9.17, 15) is 22.8 Å². The molecule has 1 atom stereocenters. The molecule has 2 aromatic carbocycles. The van der Waals surface area contributed by atoms with Crippen LogP contribution in [0.4, 0.5) is 13.2 Å². The summed E-state index contributed by atoms with van der Waals surface area (Å²) in [4.78, 5) is 25.4. The van der Waals surface area contributed by atoms with Gasteiger partial charge in [0.25, 0.3) is 0 Å². The van der Waals surface area contributed by atoms with E-state index in [1.165, 1.54) is 6.07 Å². The zero-order valence-electron chi connectivity index (χ0n) is 17.8. The Bertz CT molecular complexity index is 1210. The summed E-state index contributed by atoms with van der Waals surface area (Å²) in [5.74, 6) is -0.315. The number of nitrogens with one attached hydrogen (secondary N) is 1. The summed E-state index contributed by atoms with van der Waals surface area (Å²) in [6.07, 6.45) is -2.69. The monoisotopic (exact) mass is 478 g/mol. The molecule has 0 saturated heterocycles. The number of carbonyl (C=O) groups is 1. The summed E-state index contributed by atoms with van der Waals surface area (Å²) in [5.41, 5.74) is 0.0830. The number of hydrogen-bond acceptors (Lipinski definition) is 3. The van der Waals surface area contributed by atoms with Crippen molar-refractivity contribution in [2.75, 3.05) is 6.54 Å². The van der Waals surface area contributed by atoms with E-state index < -0.39 is 17.6 Å². The van der Waals surface area contributed by atoms with E-state index in [4.69, 9.17) is 11.6 Å². The maximum Gasteiger partial charge on any atom is 0.416 e. The molecule has 0 aliphatic heterocycles. The Hall–Kier alpha value is -3.07. The van der Waals surface area contributed by atoms with Crippen LogP contribution in [0.3, 0.4) is 0 Å². The first-order valence-electron chi connectivity index (χ1n) is 10.5. The van der Waals surface area contributed by atoms with Crippen molar-refractivity contribution in [3.8, 4) is 11.4 Å². The van der Waals surface area contributed by atoms with Gasteiger partial charge in [-0.1, -0.05) is 36.7 Å². The zero-order valence-corrected chi connectivity index (χ0v) is 18.5. The minimum absolute atomic E-state index is 0.0564. The van der Waals surface area contributed by atoms with E-state index in [0.717, 1.165) is 35.2 Å². The molecule has 1 N–H and O–H groups in total. The molecular weight excluding hydrogens is 457 g/mol. The van der Waals surface area contributed by atoms with Gasteiger partial charge in [0.2, 0.25) is 5.91 Å². The summed E-state index contributed by atoms with van der Waals surface area (Å²) >= 11 is 5.95. The van der Waals surface area contributed by atoms with Gasteiger partial charge in [-0.15, -0.1) is 5.10 Å². The fraction of sp³-hybridized carbons (Fsp3) is 0.348. The molecule has 1 heterocycles. The first kappa shape index (κ1) is 23.1. The van der Waals surface area contributed by atoms with Crippen LogP contribution in [0.15, 0.2) is 53.3 Å². The van der Waals surface area contributed by atoms with Crippen molar-refractivity contribution in [1.29, 1.82) is 0 Å². The fourth-order valence-electron chi connectivity index (χ4n) is 3.58. The van der Waals surface area contributed by atoms with Gasteiger partial charge in [0, 0.05) is 23.2 Å². The number of halogens is 4. The largest absolute Gasteiger partial charge is 0.416 e. The first-order valence-corrected chi connectivity index (χ1v) is 10.9. The summed E-state index contributed by atoms with van der Waals surface area (Å²) in [6.45, 7) is 1.57. The lowest BCUT2D eigenvalue weighted by Gasteiger charge is -2.15. The van der Waals surface area contributed by atoms with Crippen molar-refractivity contribution in [1.82, 2.24) is 19.7 Å². The molecular formula is C23H22ClF3N4O2. The lowest BCUT2D eigenvalue weighted by Crippen LogP contribution is -2.35. The van der Waals surface area contributed by atoms with Crippen LogP contribution in [0.1, 0.15) is 42.9 Å². The van der Waals surface area contributed by atoms with Crippen molar-refractivity contribution in [2.24, 2.45) is 0 Å². The van der Waals surface area contributed by atoms with Gasteiger partial charge in [0.05, 0.1) is 5.56 Å². The van der Waals surface area contributed by atoms with Crippen LogP contribution in [0.5, 0.6) is 0 Å². The average molecular weight is 479 g/mol. The normalized spacial score (nSPS) is 14.8. The van der Waals surface area contributed by atoms with Crippen LogP contribution in [-0.4, -0.2) is 26.8 Å². The van der Waals surface area contributed by atoms with Crippen molar-refractivity contribution in [2.45, 2.75) is 44.4 Å². The van der Waals surface area contributed by atoms with Gasteiger partial charge in [-0.05, 0) is 54.7 Å². The lowest BCUT2D eigenvalue weighted by atomic mass is 9.99. The van der Waals surface area contributed by atoms with Crippen LogP contribution in [0.2, 0.25) is 5.02 Å². The predicted molar refractivity (Wildman–Crippen MR) is 118 cm³/mol. The van der Waals surface area contributed by atoms with E-state index in [1.807, 2.05) is 0 Å². The second-order valence-corrected chi connectivity index (χ2v) is 8.64. The molecule has 1 aliphatic rings. The second kappa shape index (κ2) is 9.05. The molecule has 1 unspecified atom stereocenters. The van der Waals surface area contributed by atoms with E-state index in [-0.39, 0.29) is 30.7 Å². The van der Waals surface area contributed by atoms with E-state index in [0.29, 0.717) is 16.4 Å². The smallest absolute Gasteiger partial charge is 0.354 e. The summed E-state index contributed by atoms with van der Waals surface area (Å²) < 4.78 is 41.6. The number of hydrogen-bond donors (Lipinski definition) is 1. The van der Waals surface area contributed by atoms with Gasteiger partial charge >= 0.3 is 11.9 Å². The van der Waals surface area contributed by atoms with E-state index in [2.05, 4.69) is 10.4 Å². The maximum absolute atomic E-state index is 12.9. The van der Waals surface area contributed by atoms with Gasteiger partial charge in [-0.25, -0.2) is 9.48 Å². The summed E-state index contributed by atoms with van der Waals surface area (Å²) in [5, 5.41) is 7.62. The summed E-state index contributed by atoms with van der Waals surface area (Å²) in [6, 6.07) is 12.0. The number of alkyl halides is 3. The van der Waals surface area contributed by atoms with Crippen LogP contribution < -0.4 is 11.0 Å². The minimum atomic E-state index is -4.43. The maximum atomic E-state index is 12.9. The van der Waals surface area contributed by atoms with Crippen LogP contribution in [0, 0.1) is 0 Å². The molecule has 0 radical (unpaired) electrons. The third kappa shape index (κ3) is 5.30. The summed E-state index contributed by atoms with van der Waals surface area (Å²) in [7, 11) is 0. The number of aromatic nitrogens is 3. The van der Waals surface area contributed by atoms with Gasteiger partial charge in [-0.3, -0.25) is 9.36 Å². The molecule has 6 nitrogen and oxygen atoms in total. The second-order valence-electron chi connectivity index (χ2n) is 8.20. The molecule has 3 aromatic rings. The third-order valence-electron chi connectivity index (χ3n) is 5.57. The van der Waals surface area contributed by atoms with Crippen molar-refractivity contribution in [3.63, 3.8) is 0 Å². The molecule has 1 aromatic heterocycles. The lowest BCUT2D eigenvalue weighted by molar-refractivity contribution is -0.137. The Morgan fingerprint density at radius 2 is 1.91 bits per heavy atom. The molecule has 174 valence electrons. The zero-order chi connectivity index (χ0) is 23.8. The van der Waals surface area contributed by atoms with Gasteiger partial charge in [0.1, 0.15) is 6.54 Å². The third-order valence-corrected chi connectivity index (χ3v) is 5.82. The first-order chi connectivity index (χ1) is 15.6. The van der Waals surface area contributed by atoms with Gasteiger partial charge in [-0.2, -0.15) is 13.2 Å². The Labute approximate surface area is 193 Å². The highest BCUT2D eigenvalue weighted by atomic mass is 35.5. The molecule has 10 heteroatoms.